The number of hydrazine groups is 2. The molecule has 2 rings (SSSR count). The second-order valence-electron chi connectivity index (χ2n) is 4.50. The van der Waals surface area contributed by atoms with Crippen molar-refractivity contribution in [1.82, 2.24) is 15.6 Å². The first-order valence-corrected chi connectivity index (χ1v) is 6.31. The molecular weight excluding hydrogens is 210 g/mol. The molecule has 3 heteroatoms. The van der Waals surface area contributed by atoms with Gasteiger partial charge in [-0.3, -0.25) is 10.0 Å². The highest BCUT2D eigenvalue weighted by molar-refractivity contribution is 5.15. The van der Waals surface area contributed by atoms with Gasteiger partial charge in [-0.2, -0.15) is 0 Å². The van der Waals surface area contributed by atoms with Gasteiger partial charge < -0.3 is 0 Å². The third-order valence-corrected chi connectivity index (χ3v) is 3.00. The summed E-state index contributed by atoms with van der Waals surface area (Å²) in [6, 6.07) is 10.5. The minimum atomic E-state index is 0.904. The van der Waals surface area contributed by atoms with Gasteiger partial charge in [0.1, 0.15) is 0 Å². The number of allylic oxidation sites excluding steroid dienone is 1. The average Bonchev–Trinajstić information content (AvgIpc) is 2.68. The van der Waals surface area contributed by atoms with Crippen LogP contribution >= 0.6 is 0 Å². The molecule has 0 saturated heterocycles. The van der Waals surface area contributed by atoms with E-state index in [0.717, 1.165) is 13.0 Å². The van der Waals surface area contributed by atoms with E-state index < -0.39 is 0 Å². The minimum absolute atomic E-state index is 0.904. The van der Waals surface area contributed by atoms with E-state index >= 15 is 0 Å². The molecule has 1 N–H and O–H groups in total. The summed E-state index contributed by atoms with van der Waals surface area (Å²) in [5.74, 6) is 0. The average molecular weight is 231 g/mol. The molecule has 0 atom stereocenters. The van der Waals surface area contributed by atoms with E-state index in [4.69, 9.17) is 0 Å². The lowest BCUT2D eigenvalue weighted by molar-refractivity contribution is 0.146. The summed E-state index contributed by atoms with van der Waals surface area (Å²) in [6.07, 6.45) is 5.84. The van der Waals surface area contributed by atoms with Crippen LogP contribution in [0.3, 0.4) is 0 Å². The summed E-state index contributed by atoms with van der Waals surface area (Å²) in [5, 5.41) is 4.25. The SMILES string of the molecule is CCCCC1=CN(Cc2ccccc2)NN1C. The van der Waals surface area contributed by atoms with Gasteiger partial charge in [0.05, 0.1) is 6.54 Å². The molecule has 1 aliphatic heterocycles. The highest BCUT2D eigenvalue weighted by Gasteiger charge is 2.16. The van der Waals surface area contributed by atoms with Crippen molar-refractivity contribution in [2.45, 2.75) is 32.7 Å². The van der Waals surface area contributed by atoms with Gasteiger partial charge in [0.2, 0.25) is 0 Å². The van der Waals surface area contributed by atoms with Gasteiger partial charge in [0, 0.05) is 18.9 Å². The highest BCUT2D eigenvalue weighted by atomic mass is 15.8. The van der Waals surface area contributed by atoms with Crippen LogP contribution < -0.4 is 5.53 Å². The quantitative estimate of drug-likeness (QED) is 0.840. The van der Waals surface area contributed by atoms with E-state index in [1.54, 1.807) is 0 Å². The summed E-state index contributed by atoms with van der Waals surface area (Å²) in [5.41, 5.74) is 6.02. The monoisotopic (exact) mass is 231 g/mol. The van der Waals surface area contributed by atoms with Crippen molar-refractivity contribution >= 4 is 0 Å². The number of hydrogen-bond donors (Lipinski definition) is 1. The van der Waals surface area contributed by atoms with Crippen molar-refractivity contribution in [3.05, 3.63) is 47.8 Å². The molecule has 0 amide bonds. The van der Waals surface area contributed by atoms with E-state index in [1.165, 1.54) is 24.1 Å². The fourth-order valence-electron chi connectivity index (χ4n) is 2.00. The largest absolute Gasteiger partial charge is 0.296 e. The Labute approximate surface area is 104 Å². The number of unbranched alkanes of at least 4 members (excludes halogenated alkanes) is 1. The Bertz CT molecular complexity index is 372. The summed E-state index contributed by atoms with van der Waals surface area (Å²) >= 11 is 0. The number of nitrogens with zero attached hydrogens (tertiary/aromatic N) is 2. The first-order chi connectivity index (χ1) is 8.29. The number of nitrogens with one attached hydrogen (secondary N) is 1. The fraction of sp³-hybridized carbons (Fsp3) is 0.429. The van der Waals surface area contributed by atoms with Crippen LogP contribution in [0.4, 0.5) is 0 Å². The van der Waals surface area contributed by atoms with Crippen molar-refractivity contribution in [1.29, 1.82) is 0 Å². The molecule has 1 aromatic carbocycles. The second-order valence-corrected chi connectivity index (χ2v) is 4.50. The molecule has 1 aliphatic rings. The molecular formula is C14H21N3. The molecule has 0 spiro atoms. The zero-order valence-corrected chi connectivity index (χ0v) is 10.7. The van der Waals surface area contributed by atoms with E-state index in [1.807, 2.05) is 0 Å². The molecule has 1 heterocycles. The summed E-state index contributed by atoms with van der Waals surface area (Å²) in [7, 11) is 2.08. The number of benzene rings is 1. The Hall–Kier alpha value is -1.48. The van der Waals surface area contributed by atoms with Crippen molar-refractivity contribution in [2.75, 3.05) is 7.05 Å². The van der Waals surface area contributed by atoms with E-state index in [2.05, 4.69) is 66.1 Å². The zero-order chi connectivity index (χ0) is 12.1. The molecule has 92 valence electrons. The lowest BCUT2D eigenvalue weighted by Gasteiger charge is -2.20. The summed E-state index contributed by atoms with van der Waals surface area (Å²) in [6.45, 7) is 3.13. The van der Waals surface area contributed by atoms with Crippen molar-refractivity contribution in [2.24, 2.45) is 0 Å². The van der Waals surface area contributed by atoms with Crippen LogP contribution in [0.1, 0.15) is 31.7 Å². The lowest BCUT2D eigenvalue weighted by Crippen LogP contribution is -2.37. The maximum absolute atomic E-state index is 3.34. The molecule has 0 unspecified atom stereocenters. The van der Waals surface area contributed by atoms with Crippen LogP contribution in [0, 0.1) is 0 Å². The summed E-state index contributed by atoms with van der Waals surface area (Å²) < 4.78 is 0. The van der Waals surface area contributed by atoms with Gasteiger partial charge >= 0.3 is 0 Å². The van der Waals surface area contributed by atoms with Gasteiger partial charge in [-0.1, -0.05) is 43.7 Å². The van der Waals surface area contributed by atoms with E-state index in [0.29, 0.717) is 0 Å². The molecule has 0 aliphatic carbocycles. The first-order valence-electron chi connectivity index (χ1n) is 6.31. The molecule has 3 nitrogen and oxygen atoms in total. The summed E-state index contributed by atoms with van der Waals surface area (Å²) in [4.78, 5) is 0. The normalized spacial score (nSPS) is 15.3. The van der Waals surface area contributed by atoms with Gasteiger partial charge in [-0.05, 0) is 18.4 Å². The maximum atomic E-state index is 3.34. The van der Waals surface area contributed by atoms with E-state index in [-0.39, 0.29) is 0 Å². The van der Waals surface area contributed by atoms with Gasteiger partial charge in [-0.25, -0.2) is 0 Å². The Morgan fingerprint density at radius 1 is 1.18 bits per heavy atom. The Morgan fingerprint density at radius 3 is 2.65 bits per heavy atom. The lowest BCUT2D eigenvalue weighted by atomic mass is 10.2. The van der Waals surface area contributed by atoms with Gasteiger partial charge in [-0.15, -0.1) is 5.53 Å². The van der Waals surface area contributed by atoms with Crippen LogP contribution in [0.5, 0.6) is 0 Å². The van der Waals surface area contributed by atoms with Crippen LogP contribution in [0.2, 0.25) is 0 Å². The van der Waals surface area contributed by atoms with Crippen LogP contribution in [-0.4, -0.2) is 17.1 Å². The van der Waals surface area contributed by atoms with Crippen molar-refractivity contribution in [3.63, 3.8) is 0 Å². The standard InChI is InChI=1S/C14H21N3/c1-3-4-10-14-12-17(15-16(14)2)11-13-8-6-5-7-9-13/h5-9,12,15H,3-4,10-11H2,1-2H3. The van der Waals surface area contributed by atoms with Crippen molar-refractivity contribution in [3.8, 4) is 0 Å². The first kappa shape index (κ1) is 12.0. The zero-order valence-electron chi connectivity index (χ0n) is 10.7. The van der Waals surface area contributed by atoms with Crippen LogP contribution in [0.25, 0.3) is 0 Å². The number of rotatable bonds is 5. The fourth-order valence-corrected chi connectivity index (χ4v) is 2.00. The van der Waals surface area contributed by atoms with Gasteiger partial charge in [0.25, 0.3) is 0 Å². The van der Waals surface area contributed by atoms with Gasteiger partial charge in [0.15, 0.2) is 0 Å². The third kappa shape index (κ3) is 3.24. The third-order valence-electron chi connectivity index (χ3n) is 3.00. The van der Waals surface area contributed by atoms with Crippen LogP contribution in [0.15, 0.2) is 42.2 Å². The maximum Gasteiger partial charge on any atom is 0.0606 e. The second kappa shape index (κ2) is 5.73. The Kier molecular flexibility index (Phi) is 4.04. The molecule has 17 heavy (non-hydrogen) atoms. The molecule has 0 aromatic heterocycles. The Morgan fingerprint density at radius 2 is 1.94 bits per heavy atom. The topological polar surface area (TPSA) is 18.5 Å². The molecule has 0 saturated carbocycles. The van der Waals surface area contributed by atoms with Crippen molar-refractivity contribution < 1.29 is 0 Å². The predicted octanol–water partition coefficient (Wildman–Crippen LogP) is 2.89. The van der Waals surface area contributed by atoms with Crippen LogP contribution in [-0.2, 0) is 6.54 Å². The number of hydrogen-bond acceptors (Lipinski definition) is 3. The molecule has 0 fully saturated rings. The predicted molar refractivity (Wildman–Crippen MR) is 70.5 cm³/mol. The van der Waals surface area contributed by atoms with E-state index in [9.17, 15) is 0 Å². The molecule has 0 bridgehead atoms. The molecule has 0 radical (unpaired) electrons. The molecule has 1 aromatic rings. The highest BCUT2D eigenvalue weighted by Crippen LogP contribution is 2.17. The minimum Gasteiger partial charge on any atom is -0.296 e. The smallest absolute Gasteiger partial charge is 0.0606 e. The Balaban J connectivity index is 1.93.